The fourth-order valence-corrected chi connectivity index (χ4v) is 1.64. The molecule has 0 saturated heterocycles. The van der Waals surface area contributed by atoms with Gasteiger partial charge in [0.05, 0.1) is 5.60 Å². The molecule has 0 aromatic heterocycles. The van der Waals surface area contributed by atoms with E-state index >= 15 is 0 Å². The zero-order valence-corrected chi connectivity index (χ0v) is 11.7. The largest absolute Gasteiger partial charge is 0.435 e. The number of hydrogen-bond acceptors (Lipinski definition) is 3. The third kappa shape index (κ3) is 5.12. The molecule has 1 aromatic carbocycles. The van der Waals surface area contributed by atoms with Gasteiger partial charge in [0.1, 0.15) is 5.75 Å². The normalized spacial score (nSPS) is 15.4. The van der Waals surface area contributed by atoms with E-state index in [4.69, 9.17) is 0 Å². The molecule has 0 bridgehead atoms. The minimum absolute atomic E-state index is 0.0809. The number of alkyl halides is 2. The van der Waals surface area contributed by atoms with E-state index in [0.29, 0.717) is 0 Å². The lowest BCUT2D eigenvalue weighted by Crippen LogP contribution is -2.45. The molecular weight excluding hydrogens is 252 g/mol. The highest BCUT2D eigenvalue weighted by Gasteiger charge is 2.23. The van der Waals surface area contributed by atoms with Gasteiger partial charge in [-0.15, -0.1) is 0 Å². The number of ether oxygens (including phenoxy) is 1. The maximum Gasteiger partial charge on any atom is 0.387 e. The van der Waals surface area contributed by atoms with Crippen LogP contribution in [0.3, 0.4) is 0 Å². The molecule has 0 fully saturated rings. The molecule has 0 radical (unpaired) electrons. The Hall–Kier alpha value is -1.20. The number of aliphatic hydroxyl groups is 1. The van der Waals surface area contributed by atoms with Gasteiger partial charge in [-0.2, -0.15) is 8.78 Å². The summed E-state index contributed by atoms with van der Waals surface area (Å²) in [6, 6.07) is 6.33. The van der Waals surface area contributed by atoms with Gasteiger partial charge in [-0.05, 0) is 45.4 Å². The maximum atomic E-state index is 12.1. The van der Waals surface area contributed by atoms with Crippen LogP contribution >= 0.6 is 0 Å². The van der Waals surface area contributed by atoms with Gasteiger partial charge >= 0.3 is 6.61 Å². The lowest BCUT2D eigenvalue weighted by molar-refractivity contribution is -0.0499. The fourth-order valence-electron chi connectivity index (χ4n) is 1.64. The van der Waals surface area contributed by atoms with Crippen LogP contribution in [-0.4, -0.2) is 23.4 Å². The summed E-state index contributed by atoms with van der Waals surface area (Å²) >= 11 is 0. The van der Waals surface area contributed by atoms with Crippen LogP contribution in [0.2, 0.25) is 0 Å². The molecule has 1 rings (SSSR count). The standard InChI is InChI=1S/C14H21F2NO2/c1-9(17-10(2)14(3,4)18)11-6-5-7-12(8-11)19-13(15)16/h5-10,13,17-18H,1-4H3. The predicted molar refractivity (Wildman–Crippen MR) is 70.4 cm³/mol. The second-order valence-corrected chi connectivity index (χ2v) is 5.21. The van der Waals surface area contributed by atoms with Crippen LogP contribution in [0.25, 0.3) is 0 Å². The minimum atomic E-state index is -2.83. The van der Waals surface area contributed by atoms with Gasteiger partial charge in [0, 0.05) is 12.1 Å². The molecule has 108 valence electrons. The van der Waals surface area contributed by atoms with Crippen LogP contribution in [0, 0.1) is 0 Å². The SMILES string of the molecule is CC(NC(C)C(C)(C)O)c1cccc(OC(F)F)c1. The van der Waals surface area contributed by atoms with E-state index < -0.39 is 12.2 Å². The summed E-state index contributed by atoms with van der Waals surface area (Å²) in [6.45, 7) is 4.38. The average Bonchev–Trinajstić information content (AvgIpc) is 2.27. The van der Waals surface area contributed by atoms with E-state index in [-0.39, 0.29) is 17.8 Å². The molecule has 0 spiro atoms. The van der Waals surface area contributed by atoms with Gasteiger partial charge in [-0.25, -0.2) is 0 Å². The highest BCUT2D eigenvalue weighted by atomic mass is 19.3. The Morgan fingerprint density at radius 2 is 1.89 bits per heavy atom. The summed E-state index contributed by atoms with van der Waals surface area (Å²) in [7, 11) is 0. The minimum Gasteiger partial charge on any atom is -0.435 e. The molecule has 1 aromatic rings. The van der Waals surface area contributed by atoms with E-state index in [9.17, 15) is 13.9 Å². The molecular formula is C14H21F2NO2. The Balaban J connectivity index is 2.74. The molecule has 0 amide bonds. The Morgan fingerprint density at radius 3 is 2.42 bits per heavy atom. The Bertz CT molecular complexity index is 405. The molecule has 0 saturated carbocycles. The van der Waals surface area contributed by atoms with Crippen molar-refractivity contribution in [3.63, 3.8) is 0 Å². The van der Waals surface area contributed by atoms with Gasteiger partial charge in [0.2, 0.25) is 0 Å². The molecule has 2 atom stereocenters. The number of benzene rings is 1. The number of halogens is 2. The van der Waals surface area contributed by atoms with Gasteiger partial charge < -0.3 is 15.2 Å². The third-order valence-corrected chi connectivity index (χ3v) is 3.14. The molecule has 2 unspecified atom stereocenters. The van der Waals surface area contributed by atoms with E-state index in [1.807, 2.05) is 19.9 Å². The fraction of sp³-hybridized carbons (Fsp3) is 0.571. The molecule has 0 aliphatic carbocycles. The van der Waals surface area contributed by atoms with Gasteiger partial charge in [0.15, 0.2) is 0 Å². The molecule has 0 aliphatic rings. The molecule has 0 heterocycles. The van der Waals surface area contributed by atoms with Crippen LogP contribution in [0.5, 0.6) is 5.75 Å². The number of nitrogens with one attached hydrogen (secondary N) is 1. The Labute approximate surface area is 112 Å². The molecule has 3 nitrogen and oxygen atoms in total. The van der Waals surface area contributed by atoms with E-state index in [1.165, 1.54) is 6.07 Å². The molecule has 0 aliphatic heterocycles. The van der Waals surface area contributed by atoms with Crippen molar-refractivity contribution >= 4 is 0 Å². The summed E-state index contributed by atoms with van der Waals surface area (Å²) in [5.41, 5.74) is -0.0278. The van der Waals surface area contributed by atoms with Crippen LogP contribution in [0.4, 0.5) is 8.78 Å². The van der Waals surface area contributed by atoms with Crippen LogP contribution in [0.15, 0.2) is 24.3 Å². The average molecular weight is 273 g/mol. The topological polar surface area (TPSA) is 41.5 Å². The highest BCUT2D eigenvalue weighted by molar-refractivity contribution is 5.30. The van der Waals surface area contributed by atoms with Crippen LogP contribution < -0.4 is 10.1 Å². The van der Waals surface area contributed by atoms with Gasteiger partial charge in [-0.3, -0.25) is 0 Å². The first-order valence-electron chi connectivity index (χ1n) is 6.23. The first-order valence-corrected chi connectivity index (χ1v) is 6.23. The van der Waals surface area contributed by atoms with Gasteiger partial charge in [-0.1, -0.05) is 12.1 Å². The number of hydrogen-bond donors (Lipinski definition) is 2. The van der Waals surface area contributed by atoms with Crippen LogP contribution in [0.1, 0.15) is 39.3 Å². The first-order chi connectivity index (χ1) is 8.70. The second-order valence-electron chi connectivity index (χ2n) is 5.21. The molecule has 5 heteroatoms. The van der Waals surface area contributed by atoms with Crippen LogP contribution in [-0.2, 0) is 0 Å². The smallest absolute Gasteiger partial charge is 0.387 e. The summed E-state index contributed by atoms with van der Waals surface area (Å²) in [6.07, 6.45) is 0. The second kappa shape index (κ2) is 6.30. The Morgan fingerprint density at radius 1 is 1.26 bits per heavy atom. The lowest BCUT2D eigenvalue weighted by Gasteiger charge is -2.30. The van der Waals surface area contributed by atoms with Crippen molar-refractivity contribution in [2.75, 3.05) is 0 Å². The summed E-state index contributed by atoms with van der Waals surface area (Å²) in [5.74, 6) is 0.136. The zero-order chi connectivity index (χ0) is 14.6. The number of rotatable bonds is 6. The van der Waals surface area contributed by atoms with E-state index in [2.05, 4.69) is 10.1 Å². The predicted octanol–water partition coefficient (Wildman–Crippen LogP) is 3.10. The highest BCUT2D eigenvalue weighted by Crippen LogP contribution is 2.22. The van der Waals surface area contributed by atoms with Crippen molar-refractivity contribution < 1.29 is 18.6 Å². The monoisotopic (exact) mass is 273 g/mol. The summed E-state index contributed by atoms with van der Waals surface area (Å²) in [5, 5.41) is 13.1. The van der Waals surface area contributed by atoms with Crippen molar-refractivity contribution in [3.05, 3.63) is 29.8 Å². The van der Waals surface area contributed by atoms with E-state index in [0.717, 1.165) is 5.56 Å². The van der Waals surface area contributed by atoms with E-state index in [1.54, 1.807) is 26.0 Å². The third-order valence-electron chi connectivity index (χ3n) is 3.14. The molecule has 2 N–H and O–H groups in total. The van der Waals surface area contributed by atoms with Crippen molar-refractivity contribution in [1.29, 1.82) is 0 Å². The van der Waals surface area contributed by atoms with Gasteiger partial charge in [0.25, 0.3) is 0 Å². The van der Waals surface area contributed by atoms with Crippen molar-refractivity contribution in [3.8, 4) is 5.75 Å². The zero-order valence-electron chi connectivity index (χ0n) is 11.7. The Kier molecular flexibility index (Phi) is 5.26. The van der Waals surface area contributed by atoms with Crippen molar-refractivity contribution in [1.82, 2.24) is 5.32 Å². The maximum absolute atomic E-state index is 12.1. The molecule has 19 heavy (non-hydrogen) atoms. The van der Waals surface area contributed by atoms with Crippen molar-refractivity contribution in [2.45, 2.75) is 52.0 Å². The quantitative estimate of drug-likeness (QED) is 0.837. The summed E-state index contributed by atoms with van der Waals surface area (Å²) in [4.78, 5) is 0. The first kappa shape index (κ1) is 15.9. The van der Waals surface area contributed by atoms with Crippen molar-refractivity contribution in [2.24, 2.45) is 0 Å². The lowest BCUT2D eigenvalue weighted by atomic mass is 9.98. The summed E-state index contributed by atoms with van der Waals surface area (Å²) < 4.78 is 28.7.